The molecular formula is C31H55N3OS. The van der Waals surface area contributed by atoms with Gasteiger partial charge in [-0.3, -0.25) is 4.72 Å². The molecule has 1 aliphatic heterocycles. The number of nitrogens with zero attached hydrogens (tertiary/aromatic N) is 1. The van der Waals surface area contributed by atoms with E-state index in [9.17, 15) is 4.79 Å². The SMILES string of the molecule is CC[C@H]1CC2C3CCC(CCCNC(=O)NSN4CCC(C)CC4)C3(C)CC[C@@H]2C2(C)CCCCC12. The summed E-state index contributed by atoms with van der Waals surface area (Å²) in [5.74, 6) is 6.59. The smallest absolute Gasteiger partial charge is 0.325 e. The van der Waals surface area contributed by atoms with Crippen LogP contribution >= 0.6 is 12.1 Å². The van der Waals surface area contributed by atoms with Gasteiger partial charge in [-0.15, -0.1) is 0 Å². The van der Waals surface area contributed by atoms with E-state index in [1.54, 1.807) is 0 Å². The van der Waals surface area contributed by atoms with Crippen LogP contribution < -0.4 is 10.0 Å². The summed E-state index contributed by atoms with van der Waals surface area (Å²) < 4.78 is 5.30. The van der Waals surface area contributed by atoms with Crippen LogP contribution in [0.25, 0.3) is 0 Å². The van der Waals surface area contributed by atoms with E-state index in [4.69, 9.17) is 0 Å². The topological polar surface area (TPSA) is 44.4 Å². The molecule has 206 valence electrons. The van der Waals surface area contributed by atoms with Crippen molar-refractivity contribution in [3.05, 3.63) is 0 Å². The molecule has 36 heavy (non-hydrogen) atoms. The molecule has 0 spiro atoms. The van der Waals surface area contributed by atoms with Crippen molar-refractivity contribution in [2.24, 2.45) is 52.3 Å². The van der Waals surface area contributed by atoms with Gasteiger partial charge < -0.3 is 5.32 Å². The van der Waals surface area contributed by atoms with Gasteiger partial charge in [0.05, 0.1) is 0 Å². The standard InChI is InChI=1S/C31H55N3OS/c1-5-23-21-25-27-12-11-24(9-8-18-32-29(35)33-36-34-19-14-22(2)15-20-34)30(27,3)17-13-28(25)31(4)16-7-6-10-26(23)31/h22-28H,5-21H2,1-4H3,(H2,32,33,35)/t23-,24?,25?,26?,27?,28-,30?,31?/m0/s1. The van der Waals surface area contributed by atoms with E-state index in [1.165, 1.54) is 95.6 Å². The normalized spacial score (nSPS) is 43.3. The number of amides is 2. The van der Waals surface area contributed by atoms with E-state index < -0.39 is 0 Å². The van der Waals surface area contributed by atoms with Gasteiger partial charge in [-0.1, -0.05) is 47.0 Å². The highest BCUT2D eigenvalue weighted by atomic mass is 32.2. The van der Waals surface area contributed by atoms with E-state index >= 15 is 0 Å². The molecule has 1 heterocycles. The minimum Gasteiger partial charge on any atom is -0.337 e. The summed E-state index contributed by atoms with van der Waals surface area (Å²) in [6.45, 7) is 13.2. The molecule has 5 rings (SSSR count). The van der Waals surface area contributed by atoms with Gasteiger partial charge in [0.25, 0.3) is 0 Å². The zero-order valence-electron chi connectivity index (χ0n) is 23.8. The van der Waals surface area contributed by atoms with Gasteiger partial charge >= 0.3 is 6.03 Å². The molecule has 8 atom stereocenters. The quantitative estimate of drug-likeness (QED) is 0.265. The predicted octanol–water partition coefficient (Wildman–Crippen LogP) is 8.05. The summed E-state index contributed by atoms with van der Waals surface area (Å²) in [5, 5.41) is 3.14. The lowest BCUT2D eigenvalue weighted by Gasteiger charge is -2.62. The van der Waals surface area contributed by atoms with Crippen LogP contribution in [0, 0.1) is 52.3 Å². The summed E-state index contributed by atoms with van der Waals surface area (Å²) in [5.41, 5.74) is 1.17. The van der Waals surface area contributed by atoms with E-state index in [-0.39, 0.29) is 6.03 Å². The van der Waals surface area contributed by atoms with Crippen LogP contribution in [-0.4, -0.2) is 30.0 Å². The van der Waals surface area contributed by atoms with Crippen LogP contribution in [0.5, 0.6) is 0 Å². The van der Waals surface area contributed by atoms with Gasteiger partial charge in [0.15, 0.2) is 0 Å². The van der Waals surface area contributed by atoms with Crippen molar-refractivity contribution in [1.82, 2.24) is 14.3 Å². The Kier molecular flexibility index (Phi) is 8.57. The molecule has 0 radical (unpaired) electrons. The Morgan fingerprint density at radius 3 is 2.50 bits per heavy atom. The Labute approximate surface area is 226 Å². The minimum absolute atomic E-state index is 0.0160. The molecule has 1 saturated heterocycles. The zero-order valence-corrected chi connectivity index (χ0v) is 24.6. The first-order valence-electron chi connectivity index (χ1n) is 15.8. The van der Waals surface area contributed by atoms with Crippen molar-refractivity contribution in [3.8, 4) is 0 Å². The molecule has 4 aliphatic carbocycles. The molecule has 0 aromatic rings. The van der Waals surface area contributed by atoms with Crippen LogP contribution in [0.3, 0.4) is 0 Å². The highest BCUT2D eigenvalue weighted by Crippen LogP contribution is 2.69. The highest BCUT2D eigenvalue weighted by molar-refractivity contribution is 7.95. The number of hydrogen-bond donors (Lipinski definition) is 2. The molecule has 0 bridgehead atoms. The molecule has 5 fully saturated rings. The fourth-order valence-corrected chi connectivity index (χ4v) is 11.0. The van der Waals surface area contributed by atoms with E-state index in [2.05, 4.69) is 42.0 Å². The van der Waals surface area contributed by atoms with Gasteiger partial charge in [-0.2, -0.15) is 0 Å². The minimum atomic E-state index is -0.0160. The Hall–Kier alpha value is -0.420. The molecule has 5 aliphatic rings. The summed E-state index contributed by atoms with van der Waals surface area (Å²) in [7, 11) is 0. The van der Waals surface area contributed by atoms with Gasteiger partial charge in [0.2, 0.25) is 0 Å². The van der Waals surface area contributed by atoms with E-state index in [0.717, 1.165) is 67.5 Å². The fraction of sp³-hybridized carbons (Fsp3) is 0.968. The lowest BCUT2D eigenvalue weighted by atomic mass is 9.42. The van der Waals surface area contributed by atoms with Gasteiger partial charge in [-0.05, 0) is 123 Å². The third kappa shape index (κ3) is 5.23. The Morgan fingerprint density at radius 1 is 0.944 bits per heavy atom. The number of piperidine rings is 1. The molecule has 5 heteroatoms. The molecule has 2 N–H and O–H groups in total. The lowest BCUT2D eigenvalue weighted by Crippen LogP contribution is -2.55. The van der Waals surface area contributed by atoms with Crippen molar-refractivity contribution in [2.45, 2.75) is 118 Å². The molecule has 4 nitrogen and oxygen atoms in total. The Bertz CT molecular complexity index is 754. The molecule has 2 amide bonds. The second-order valence-corrected chi connectivity index (χ2v) is 15.1. The van der Waals surface area contributed by atoms with Crippen molar-refractivity contribution >= 4 is 18.2 Å². The second kappa shape index (κ2) is 11.4. The van der Waals surface area contributed by atoms with Gasteiger partial charge in [0.1, 0.15) is 0 Å². The maximum absolute atomic E-state index is 12.3. The van der Waals surface area contributed by atoms with Crippen molar-refractivity contribution < 1.29 is 4.79 Å². The van der Waals surface area contributed by atoms with Crippen LogP contribution in [0.4, 0.5) is 4.79 Å². The number of nitrogens with one attached hydrogen (secondary N) is 2. The summed E-state index contributed by atoms with van der Waals surface area (Å²) in [6, 6.07) is -0.0160. The highest BCUT2D eigenvalue weighted by Gasteiger charge is 2.60. The molecule has 0 aromatic heterocycles. The Morgan fingerprint density at radius 2 is 1.72 bits per heavy atom. The third-order valence-corrected chi connectivity index (χ3v) is 13.4. The Balaban J connectivity index is 1.10. The van der Waals surface area contributed by atoms with E-state index in [0.29, 0.717) is 10.8 Å². The van der Waals surface area contributed by atoms with Crippen LogP contribution in [-0.2, 0) is 0 Å². The molecular weight excluding hydrogens is 462 g/mol. The van der Waals surface area contributed by atoms with Crippen molar-refractivity contribution in [1.29, 1.82) is 0 Å². The summed E-state index contributed by atoms with van der Waals surface area (Å²) >= 11 is 1.50. The van der Waals surface area contributed by atoms with Gasteiger partial charge in [-0.25, -0.2) is 9.10 Å². The number of urea groups is 1. The monoisotopic (exact) mass is 517 g/mol. The van der Waals surface area contributed by atoms with Crippen LogP contribution in [0.1, 0.15) is 118 Å². The van der Waals surface area contributed by atoms with Crippen LogP contribution in [0.15, 0.2) is 0 Å². The maximum atomic E-state index is 12.3. The summed E-state index contributed by atoms with van der Waals surface area (Å²) in [4.78, 5) is 12.3. The first-order chi connectivity index (χ1) is 17.3. The maximum Gasteiger partial charge on any atom is 0.325 e. The van der Waals surface area contributed by atoms with E-state index in [1.807, 2.05) is 0 Å². The largest absolute Gasteiger partial charge is 0.337 e. The average Bonchev–Trinajstić information content (AvgIpc) is 3.21. The van der Waals surface area contributed by atoms with Crippen molar-refractivity contribution in [2.75, 3.05) is 19.6 Å². The lowest BCUT2D eigenvalue weighted by molar-refractivity contribution is -0.135. The molecule has 6 unspecified atom stereocenters. The fourth-order valence-electron chi connectivity index (χ4n) is 10.4. The number of fused-ring (bicyclic) bond motifs is 5. The number of carbonyl (C=O) groups excluding carboxylic acids is 1. The third-order valence-electron chi connectivity index (χ3n) is 12.5. The number of rotatable bonds is 7. The first-order valence-corrected chi connectivity index (χ1v) is 16.6. The molecule has 4 saturated carbocycles. The summed E-state index contributed by atoms with van der Waals surface area (Å²) in [6.07, 6.45) is 19.6. The number of carbonyl (C=O) groups is 1. The van der Waals surface area contributed by atoms with Crippen LogP contribution in [0.2, 0.25) is 0 Å². The van der Waals surface area contributed by atoms with Gasteiger partial charge in [0, 0.05) is 31.8 Å². The zero-order chi connectivity index (χ0) is 25.3. The average molecular weight is 518 g/mol. The second-order valence-electron chi connectivity index (χ2n) is 14.2. The number of hydrogen-bond acceptors (Lipinski definition) is 3. The first kappa shape index (κ1) is 27.2. The molecule has 0 aromatic carbocycles. The predicted molar refractivity (Wildman–Crippen MR) is 152 cm³/mol. The van der Waals surface area contributed by atoms with Crippen molar-refractivity contribution in [3.63, 3.8) is 0 Å².